The summed E-state index contributed by atoms with van der Waals surface area (Å²) in [6, 6.07) is 0.342. The minimum absolute atomic E-state index is 0.0214. The summed E-state index contributed by atoms with van der Waals surface area (Å²) in [5, 5.41) is 13.9. The van der Waals surface area contributed by atoms with Crippen LogP contribution in [0.3, 0.4) is 0 Å². The van der Waals surface area contributed by atoms with E-state index in [0.717, 1.165) is 6.54 Å². The van der Waals surface area contributed by atoms with Crippen LogP contribution in [0.15, 0.2) is 10.7 Å². The van der Waals surface area contributed by atoms with Gasteiger partial charge in [-0.25, -0.2) is 4.98 Å². The first-order valence-corrected chi connectivity index (χ1v) is 6.33. The van der Waals surface area contributed by atoms with Crippen molar-refractivity contribution in [3.8, 4) is 0 Å². The van der Waals surface area contributed by atoms with Crippen molar-refractivity contribution in [2.45, 2.75) is 19.9 Å². The summed E-state index contributed by atoms with van der Waals surface area (Å²) in [5.41, 5.74) is 0.600. The third-order valence-corrected chi connectivity index (χ3v) is 3.85. The fraction of sp³-hybridized carbons (Fsp3) is 0.545. The predicted octanol–water partition coefficient (Wildman–Crippen LogP) is 2.42. The summed E-state index contributed by atoms with van der Waals surface area (Å²) in [4.78, 5) is 16.5. The van der Waals surface area contributed by atoms with Gasteiger partial charge in [-0.3, -0.25) is 10.1 Å². The average Bonchev–Trinajstić information content (AvgIpc) is 2.30. The first-order chi connectivity index (χ1) is 8.34. The smallest absolute Gasteiger partial charge is 0.291 e. The van der Waals surface area contributed by atoms with E-state index in [2.05, 4.69) is 38.1 Å². The Hall–Kier alpha value is -1.21. The molecule has 0 aliphatic rings. The molecule has 1 rings (SSSR count). The molecule has 0 saturated carbocycles. The summed E-state index contributed by atoms with van der Waals surface area (Å²) in [6.07, 6.45) is 1.28. The van der Waals surface area contributed by atoms with Crippen molar-refractivity contribution in [3.63, 3.8) is 0 Å². The fourth-order valence-corrected chi connectivity index (χ4v) is 1.75. The van der Waals surface area contributed by atoms with Crippen molar-refractivity contribution in [3.05, 3.63) is 26.3 Å². The molecular formula is C11H17BrN4O2. The van der Waals surface area contributed by atoms with Gasteiger partial charge in [-0.05, 0) is 43.9 Å². The van der Waals surface area contributed by atoms with Gasteiger partial charge in [-0.15, -0.1) is 0 Å². The third-order valence-electron chi connectivity index (χ3n) is 2.88. The lowest BCUT2D eigenvalue weighted by Gasteiger charge is -2.20. The van der Waals surface area contributed by atoms with E-state index in [9.17, 15) is 10.1 Å². The van der Waals surface area contributed by atoms with Gasteiger partial charge in [-0.2, -0.15) is 0 Å². The number of anilines is 1. The maximum absolute atomic E-state index is 10.8. The number of hydrogen-bond donors (Lipinski definition) is 1. The normalized spacial score (nSPS) is 12.6. The Morgan fingerprint density at radius 3 is 2.72 bits per heavy atom. The first kappa shape index (κ1) is 14.8. The highest BCUT2D eigenvalue weighted by atomic mass is 79.9. The molecule has 6 nitrogen and oxygen atoms in total. The van der Waals surface area contributed by atoms with Gasteiger partial charge in [0.1, 0.15) is 12.0 Å². The van der Waals surface area contributed by atoms with E-state index >= 15 is 0 Å². The Bertz CT molecular complexity index is 451. The Labute approximate surface area is 115 Å². The van der Waals surface area contributed by atoms with Crippen LogP contribution in [0.25, 0.3) is 0 Å². The van der Waals surface area contributed by atoms with E-state index < -0.39 is 4.92 Å². The molecule has 1 unspecified atom stereocenters. The summed E-state index contributed by atoms with van der Waals surface area (Å²) in [6.45, 7) is 4.50. The van der Waals surface area contributed by atoms with Crippen molar-refractivity contribution >= 4 is 27.4 Å². The van der Waals surface area contributed by atoms with Crippen molar-refractivity contribution in [2.75, 3.05) is 26.0 Å². The molecule has 1 atom stereocenters. The highest BCUT2D eigenvalue weighted by Crippen LogP contribution is 2.30. The molecule has 1 aromatic heterocycles. The topological polar surface area (TPSA) is 71.3 Å². The number of nitro groups is 1. The Morgan fingerprint density at radius 2 is 2.22 bits per heavy atom. The van der Waals surface area contributed by atoms with Crippen LogP contribution in [-0.2, 0) is 0 Å². The molecule has 0 radical (unpaired) electrons. The van der Waals surface area contributed by atoms with Gasteiger partial charge < -0.3 is 10.2 Å². The molecule has 18 heavy (non-hydrogen) atoms. The quantitative estimate of drug-likeness (QED) is 0.667. The Morgan fingerprint density at radius 1 is 1.61 bits per heavy atom. The van der Waals surface area contributed by atoms with Gasteiger partial charge in [0.05, 0.1) is 9.40 Å². The Balaban J connectivity index is 2.86. The molecule has 0 amide bonds. The first-order valence-electron chi connectivity index (χ1n) is 5.54. The van der Waals surface area contributed by atoms with E-state index in [1.165, 1.54) is 6.20 Å². The zero-order valence-corrected chi connectivity index (χ0v) is 12.5. The number of nitrogens with zero attached hydrogens (tertiary/aromatic N) is 3. The summed E-state index contributed by atoms with van der Waals surface area (Å²) >= 11 is 3.34. The van der Waals surface area contributed by atoms with Crippen LogP contribution in [0.2, 0.25) is 0 Å². The number of halogens is 1. The lowest BCUT2D eigenvalue weighted by atomic mass is 10.2. The zero-order chi connectivity index (χ0) is 13.9. The minimum Gasteiger partial charge on any atom is -0.368 e. The van der Waals surface area contributed by atoms with E-state index in [0.29, 0.717) is 21.9 Å². The van der Waals surface area contributed by atoms with E-state index in [1.54, 1.807) is 6.92 Å². The summed E-state index contributed by atoms with van der Waals surface area (Å²) < 4.78 is 0.641. The van der Waals surface area contributed by atoms with E-state index in [4.69, 9.17) is 0 Å². The zero-order valence-electron chi connectivity index (χ0n) is 10.9. The number of hydrogen-bond acceptors (Lipinski definition) is 5. The molecule has 0 aliphatic carbocycles. The maximum Gasteiger partial charge on any atom is 0.291 e. The summed E-state index contributed by atoms with van der Waals surface area (Å²) in [5.74, 6) is 0.631. The molecule has 0 spiro atoms. The van der Waals surface area contributed by atoms with Crippen LogP contribution in [0.5, 0.6) is 0 Å². The predicted molar refractivity (Wildman–Crippen MR) is 75.0 cm³/mol. The highest BCUT2D eigenvalue weighted by molar-refractivity contribution is 9.10. The number of rotatable bonds is 5. The third kappa shape index (κ3) is 3.39. The molecule has 1 aromatic rings. The van der Waals surface area contributed by atoms with Gasteiger partial charge in [-0.1, -0.05) is 0 Å². The number of likely N-dealkylation sites (N-methyl/N-ethyl adjacent to an activating group) is 1. The highest BCUT2D eigenvalue weighted by Gasteiger charge is 2.17. The van der Waals surface area contributed by atoms with E-state index in [1.807, 2.05) is 14.1 Å². The lowest BCUT2D eigenvalue weighted by molar-refractivity contribution is -0.385. The molecule has 100 valence electrons. The summed E-state index contributed by atoms with van der Waals surface area (Å²) in [7, 11) is 3.99. The van der Waals surface area contributed by atoms with Crippen molar-refractivity contribution in [2.24, 2.45) is 0 Å². The van der Waals surface area contributed by atoms with Crippen LogP contribution < -0.4 is 5.32 Å². The molecular weight excluding hydrogens is 300 g/mol. The van der Waals surface area contributed by atoms with E-state index in [-0.39, 0.29) is 5.69 Å². The minimum atomic E-state index is -0.431. The van der Waals surface area contributed by atoms with Crippen molar-refractivity contribution in [1.82, 2.24) is 9.88 Å². The second-order valence-corrected chi connectivity index (χ2v) is 5.17. The number of pyridine rings is 1. The van der Waals surface area contributed by atoms with Crippen molar-refractivity contribution in [1.29, 1.82) is 0 Å². The average molecular weight is 317 g/mol. The largest absolute Gasteiger partial charge is 0.368 e. The molecule has 0 aromatic carbocycles. The molecule has 0 aliphatic heterocycles. The SMILES string of the molecule is Cc1c([N+](=O)[O-])cnc(NCC(C)N(C)C)c1Br. The van der Waals surface area contributed by atoms with Crippen LogP contribution in [0.1, 0.15) is 12.5 Å². The maximum atomic E-state index is 10.8. The van der Waals surface area contributed by atoms with Crippen LogP contribution in [0.4, 0.5) is 11.5 Å². The Kier molecular flexibility index (Phi) is 5.03. The van der Waals surface area contributed by atoms with Crippen LogP contribution >= 0.6 is 15.9 Å². The van der Waals surface area contributed by atoms with Crippen LogP contribution in [-0.4, -0.2) is 41.5 Å². The van der Waals surface area contributed by atoms with Crippen LogP contribution in [0, 0.1) is 17.0 Å². The second-order valence-electron chi connectivity index (χ2n) is 4.38. The second kappa shape index (κ2) is 6.10. The molecule has 0 fully saturated rings. The molecule has 7 heteroatoms. The molecule has 0 bridgehead atoms. The molecule has 1 N–H and O–H groups in total. The van der Waals surface area contributed by atoms with Gasteiger partial charge in [0.2, 0.25) is 0 Å². The van der Waals surface area contributed by atoms with Gasteiger partial charge in [0.25, 0.3) is 5.69 Å². The number of nitrogens with one attached hydrogen (secondary N) is 1. The van der Waals surface area contributed by atoms with Gasteiger partial charge >= 0.3 is 0 Å². The monoisotopic (exact) mass is 316 g/mol. The van der Waals surface area contributed by atoms with Gasteiger partial charge in [0.15, 0.2) is 0 Å². The molecule has 0 saturated heterocycles. The molecule has 1 heterocycles. The van der Waals surface area contributed by atoms with Gasteiger partial charge in [0, 0.05) is 18.2 Å². The number of aromatic nitrogens is 1. The lowest BCUT2D eigenvalue weighted by Crippen LogP contribution is -2.31. The van der Waals surface area contributed by atoms with Crippen molar-refractivity contribution < 1.29 is 4.92 Å². The standard InChI is InChI=1S/C11H17BrN4O2/c1-7(15(3)4)5-13-11-10(12)8(2)9(6-14-11)16(17)18/h6-7H,5H2,1-4H3,(H,13,14). The fourth-order valence-electron chi connectivity index (χ4n) is 1.30.